The lowest BCUT2D eigenvalue weighted by Crippen LogP contribution is -2.50. The quantitative estimate of drug-likeness (QED) is 0.183. The number of likely N-dealkylation sites (tertiary alicyclic amines) is 1. The SMILES string of the molecule is O=C(C=CC1CN(C(=O)Cc2ccc(OCCCC3CCN(c4ncc(Cl)cn4)CC3)cc2F)C1)NCC(O)(CO)CO. The molecule has 0 aliphatic carbocycles. The minimum Gasteiger partial charge on any atom is -0.493 e. The summed E-state index contributed by atoms with van der Waals surface area (Å²) in [4.78, 5) is 36.8. The number of ether oxygens (including phenoxy) is 1. The third-order valence-corrected chi connectivity index (χ3v) is 8.05. The molecule has 0 spiro atoms. The molecule has 1 aromatic heterocycles. The van der Waals surface area contributed by atoms with Gasteiger partial charge in [0, 0.05) is 38.2 Å². The predicted molar refractivity (Wildman–Crippen MR) is 158 cm³/mol. The number of amides is 2. The maximum absolute atomic E-state index is 14.7. The van der Waals surface area contributed by atoms with E-state index in [2.05, 4.69) is 20.2 Å². The van der Waals surface area contributed by atoms with Crippen LogP contribution in [-0.2, 0) is 16.0 Å². The Labute approximate surface area is 255 Å². The van der Waals surface area contributed by atoms with Crippen molar-refractivity contribution in [3.8, 4) is 5.75 Å². The van der Waals surface area contributed by atoms with Gasteiger partial charge in [0.25, 0.3) is 0 Å². The molecule has 43 heavy (non-hydrogen) atoms. The van der Waals surface area contributed by atoms with Crippen LogP contribution in [0.3, 0.4) is 0 Å². The van der Waals surface area contributed by atoms with Crippen LogP contribution in [0.5, 0.6) is 5.75 Å². The van der Waals surface area contributed by atoms with E-state index in [0.717, 1.165) is 38.8 Å². The third-order valence-electron chi connectivity index (χ3n) is 7.86. The Morgan fingerprint density at radius 1 is 1.16 bits per heavy atom. The van der Waals surface area contributed by atoms with E-state index < -0.39 is 30.5 Å². The molecule has 3 heterocycles. The molecule has 2 fully saturated rings. The number of nitrogens with one attached hydrogen (secondary N) is 1. The van der Waals surface area contributed by atoms with Crippen LogP contribution in [0.15, 0.2) is 42.7 Å². The van der Waals surface area contributed by atoms with Crippen LogP contribution >= 0.6 is 11.6 Å². The van der Waals surface area contributed by atoms with Gasteiger partial charge in [0.05, 0.1) is 50.2 Å². The monoisotopic (exact) mass is 619 g/mol. The fourth-order valence-electron chi connectivity index (χ4n) is 5.02. The number of aliphatic hydroxyl groups is 3. The second-order valence-electron chi connectivity index (χ2n) is 11.2. The topological polar surface area (TPSA) is 148 Å². The lowest BCUT2D eigenvalue weighted by Gasteiger charge is -2.37. The number of halogens is 2. The molecule has 1 aromatic carbocycles. The molecule has 0 bridgehead atoms. The molecule has 11 nitrogen and oxygen atoms in total. The lowest BCUT2D eigenvalue weighted by atomic mass is 9.92. The molecule has 2 aliphatic rings. The molecule has 4 N–H and O–H groups in total. The van der Waals surface area contributed by atoms with Gasteiger partial charge in [-0.1, -0.05) is 23.7 Å². The van der Waals surface area contributed by atoms with Crippen LogP contribution < -0.4 is 15.0 Å². The van der Waals surface area contributed by atoms with Crippen LogP contribution in [0.2, 0.25) is 5.02 Å². The molecule has 0 unspecified atom stereocenters. The van der Waals surface area contributed by atoms with Crippen molar-refractivity contribution in [3.63, 3.8) is 0 Å². The summed E-state index contributed by atoms with van der Waals surface area (Å²) in [6.45, 7) is 1.44. The van der Waals surface area contributed by atoms with Gasteiger partial charge >= 0.3 is 0 Å². The van der Waals surface area contributed by atoms with Crippen LogP contribution in [0.1, 0.15) is 31.2 Å². The Kier molecular flexibility index (Phi) is 11.7. The molecule has 2 aromatic rings. The van der Waals surface area contributed by atoms with Crippen LogP contribution in [-0.4, -0.2) is 100 Å². The highest BCUT2D eigenvalue weighted by Crippen LogP contribution is 2.25. The number of nitrogens with zero attached hydrogens (tertiary/aromatic N) is 4. The maximum Gasteiger partial charge on any atom is 0.243 e. The molecular weight excluding hydrogens is 581 g/mol. The van der Waals surface area contributed by atoms with E-state index in [0.29, 0.717) is 47.9 Å². The molecule has 2 aliphatic heterocycles. The van der Waals surface area contributed by atoms with Crippen LogP contribution in [0.4, 0.5) is 10.3 Å². The molecule has 234 valence electrons. The van der Waals surface area contributed by atoms with Gasteiger partial charge in [0.15, 0.2) is 0 Å². The lowest BCUT2D eigenvalue weighted by molar-refractivity contribution is -0.135. The second-order valence-corrected chi connectivity index (χ2v) is 11.7. The van der Waals surface area contributed by atoms with E-state index in [1.807, 2.05) is 0 Å². The molecule has 4 rings (SSSR count). The molecular formula is C30H39ClFN5O6. The normalized spacial score (nSPS) is 16.4. The zero-order chi connectivity index (χ0) is 30.8. The van der Waals surface area contributed by atoms with Crippen LogP contribution in [0, 0.1) is 17.7 Å². The standard InChI is InChI=1S/C30H39ClFN5O6/c31-24-14-33-29(34-15-24)36-9-7-21(8-10-36)2-1-11-43-25-5-4-23(26(32)13-25)12-28(41)37-16-22(17-37)3-6-27(40)35-18-30(42,19-38)20-39/h3-6,13-15,21-22,38-39,42H,1-2,7-12,16-20H2,(H,35,40). The maximum atomic E-state index is 14.7. The number of hydrogen-bond acceptors (Lipinski definition) is 9. The average Bonchev–Trinajstić information content (AvgIpc) is 2.99. The first-order valence-electron chi connectivity index (χ1n) is 14.5. The van der Waals surface area contributed by atoms with Crippen molar-refractivity contribution in [2.75, 3.05) is 57.4 Å². The van der Waals surface area contributed by atoms with E-state index in [-0.39, 0.29) is 24.8 Å². The van der Waals surface area contributed by atoms with E-state index >= 15 is 0 Å². The largest absolute Gasteiger partial charge is 0.493 e. The van der Waals surface area contributed by atoms with Crippen LogP contribution in [0.25, 0.3) is 0 Å². The minimum absolute atomic E-state index is 0.0186. The number of carbonyl (C=O) groups is 2. The van der Waals surface area contributed by atoms with Gasteiger partial charge in [-0.3, -0.25) is 9.59 Å². The number of hydrogen-bond donors (Lipinski definition) is 4. The van der Waals surface area contributed by atoms with Crippen molar-refractivity contribution in [2.45, 2.75) is 37.7 Å². The fraction of sp³-hybridized carbons (Fsp3) is 0.533. The summed E-state index contributed by atoms with van der Waals surface area (Å²) in [6, 6.07) is 4.59. The van der Waals surface area contributed by atoms with Gasteiger partial charge in [-0.25, -0.2) is 14.4 Å². The van der Waals surface area contributed by atoms with E-state index in [1.54, 1.807) is 35.5 Å². The predicted octanol–water partition coefficient (Wildman–Crippen LogP) is 1.73. The fourth-order valence-corrected chi connectivity index (χ4v) is 5.12. The zero-order valence-electron chi connectivity index (χ0n) is 24.0. The summed E-state index contributed by atoms with van der Waals surface area (Å²) >= 11 is 5.87. The number of piperidine rings is 1. The summed E-state index contributed by atoms with van der Waals surface area (Å²) in [7, 11) is 0. The van der Waals surface area contributed by atoms with Crippen molar-refractivity contribution in [2.24, 2.45) is 11.8 Å². The average molecular weight is 620 g/mol. The first-order chi connectivity index (χ1) is 20.7. The summed E-state index contributed by atoms with van der Waals surface area (Å²) in [5, 5.41) is 30.8. The second kappa shape index (κ2) is 15.4. The molecule has 2 saturated heterocycles. The molecule has 2 amide bonds. The number of benzene rings is 1. The van der Waals surface area contributed by atoms with E-state index in [9.17, 15) is 19.1 Å². The smallest absolute Gasteiger partial charge is 0.243 e. The number of rotatable bonds is 14. The summed E-state index contributed by atoms with van der Waals surface area (Å²) in [5.41, 5.74) is -1.48. The van der Waals surface area contributed by atoms with Gasteiger partial charge in [-0.2, -0.15) is 0 Å². The van der Waals surface area contributed by atoms with E-state index in [4.69, 9.17) is 26.6 Å². The Balaban J connectivity index is 1.10. The molecule has 13 heteroatoms. The highest BCUT2D eigenvalue weighted by atomic mass is 35.5. The van der Waals surface area contributed by atoms with Crippen molar-refractivity contribution in [3.05, 3.63) is 59.1 Å². The third kappa shape index (κ3) is 9.59. The van der Waals surface area contributed by atoms with Gasteiger partial charge in [0.2, 0.25) is 17.8 Å². The molecule has 0 radical (unpaired) electrons. The summed E-state index contributed by atoms with van der Waals surface area (Å²) in [6.07, 6.45) is 10.1. The van der Waals surface area contributed by atoms with Crippen molar-refractivity contribution >= 4 is 29.4 Å². The first kappa shape index (κ1) is 32.6. The highest BCUT2D eigenvalue weighted by Gasteiger charge is 2.30. The molecule has 0 saturated carbocycles. The minimum atomic E-state index is -1.78. The summed E-state index contributed by atoms with van der Waals surface area (Å²) < 4.78 is 20.5. The zero-order valence-corrected chi connectivity index (χ0v) is 24.8. The van der Waals surface area contributed by atoms with Gasteiger partial charge in [0.1, 0.15) is 17.2 Å². The van der Waals surface area contributed by atoms with Crippen molar-refractivity contribution < 1.29 is 34.0 Å². The van der Waals surface area contributed by atoms with Crippen molar-refractivity contribution in [1.82, 2.24) is 20.2 Å². The van der Waals surface area contributed by atoms with E-state index in [1.165, 1.54) is 12.1 Å². The number of carbonyl (C=O) groups excluding carboxylic acids is 2. The molecule has 0 atom stereocenters. The summed E-state index contributed by atoms with van der Waals surface area (Å²) in [5.74, 6) is 0.547. The number of anilines is 1. The van der Waals surface area contributed by atoms with Crippen molar-refractivity contribution in [1.29, 1.82) is 0 Å². The van der Waals surface area contributed by atoms with Gasteiger partial charge in [-0.15, -0.1) is 0 Å². The number of aliphatic hydroxyl groups excluding tert-OH is 2. The highest BCUT2D eigenvalue weighted by molar-refractivity contribution is 6.30. The van der Waals surface area contributed by atoms with Gasteiger partial charge < -0.3 is 35.2 Å². The van der Waals surface area contributed by atoms with Gasteiger partial charge in [-0.05, 0) is 49.3 Å². The Hall–Kier alpha value is -3.32. The Bertz CT molecular complexity index is 1250. The Morgan fingerprint density at radius 3 is 2.51 bits per heavy atom. The number of aromatic nitrogens is 2. The Morgan fingerprint density at radius 2 is 1.86 bits per heavy atom. The first-order valence-corrected chi connectivity index (χ1v) is 14.9.